The summed E-state index contributed by atoms with van der Waals surface area (Å²) in [6.07, 6.45) is 0.980. The van der Waals surface area contributed by atoms with E-state index in [4.69, 9.17) is 16.3 Å². The van der Waals surface area contributed by atoms with Crippen LogP contribution >= 0.6 is 11.6 Å². The zero-order valence-electron chi connectivity index (χ0n) is 15.9. The fourth-order valence-corrected chi connectivity index (χ4v) is 4.49. The zero-order valence-corrected chi connectivity index (χ0v) is 17.5. The van der Waals surface area contributed by atoms with Gasteiger partial charge in [-0.05, 0) is 36.4 Å². The molecule has 0 radical (unpaired) electrons. The summed E-state index contributed by atoms with van der Waals surface area (Å²) in [7, 11) is -2.21. The van der Waals surface area contributed by atoms with Gasteiger partial charge in [0, 0.05) is 11.4 Å². The summed E-state index contributed by atoms with van der Waals surface area (Å²) < 4.78 is 43.6. The smallest absolute Gasteiger partial charge is 0.239 e. The summed E-state index contributed by atoms with van der Waals surface area (Å²) in [6.45, 7) is 0. The molecule has 31 heavy (non-hydrogen) atoms. The number of fused-ring (bicyclic) bond motifs is 1. The van der Waals surface area contributed by atoms with Crippen LogP contribution in [-0.2, 0) is 14.6 Å². The number of nitrogens with zero attached hydrogens (tertiary/aromatic N) is 2. The molecule has 1 aliphatic heterocycles. The molecule has 0 saturated carbocycles. The molecule has 0 fully saturated rings. The molecule has 9 nitrogen and oxygen atoms in total. The third-order valence-electron chi connectivity index (χ3n) is 4.32. The van der Waals surface area contributed by atoms with Crippen LogP contribution < -0.4 is 20.7 Å². The van der Waals surface area contributed by atoms with E-state index in [2.05, 4.69) is 25.9 Å². The number of hydrogen-bond acceptors (Lipinski definition) is 8. The van der Waals surface area contributed by atoms with Crippen molar-refractivity contribution in [3.63, 3.8) is 0 Å². The molecule has 1 aromatic heterocycles. The summed E-state index contributed by atoms with van der Waals surface area (Å²) >= 11 is 6.10. The van der Waals surface area contributed by atoms with Crippen molar-refractivity contribution in [3.05, 3.63) is 53.4 Å². The van der Waals surface area contributed by atoms with E-state index in [1.54, 1.807) is 18.2 Å². The Hall–Kier alpha value is -3.44. The van der Waals surface area contributed by atoms with Gasteiger partial charge in [-0.15, -0.1) is 0 Å². The number of carbonyl (C=O) groups is 1. The first-order valence-corrected chi connectivity index (χ1v) is 10.8. The third-order valence-corrected chi connectivity index (χ3v) is 6.29. The zero-order chi connectivity index (χ0) is 22.2. The monoisotopic (exact) mass is 463 g/mol. The molecule has 0 saturated heterocycles. The first-order valence-electron chi connectivity index (χ1n) is 8.82. The average molecular weight is 464 g/mol. The first-order chi connectivity index (χ1) is 14.7. The van der Waals surface area contributed by atoms with Gasteiger partial charge in [0.1, 0.15) is 11.5 Å². The molecular formula is C19H15ClFN5O4S. The highest BCUT2D eigenvalue weighted by molar-refractivity contribution is 7.92. The van der Waals surface area contributed by atoms with Crippen molar-refractivity contribution in [2.24, 2.45) is 0 Å². The van der Waals surface area contributed by atoms with Crippen molar-refractivity contribution in [1.82, 2.24) is 9.97 Å². The summed E-state index contributed by atoms with van der Waals surface area (Å²) in [4.78, 5) is 19.6. The number of carbonyl (C=O) groups excluding carboxylic acids is 1. The quantitative estimate of drug-likeness (QED) is 0.525. The van der Waals surface area contributed by atoms with Gasteiger partial charge in [0.2, 0.25) is 11.9 Å². The van der Waals surface area contributed by atoms with Crippen molar-refractivity contribution in [2.75, 3.05) is 28.8 Å². The number of nitrogens with one attached hydrogen (secondary N) is 3. The predicted molar refractivity (Wildman–Crippen MR) is 114 cm³/mol. The average Bonchev–Trinajstić information content (AvgIpc) is 2.69. The molecule has 2 aromatic carbocycles. The minimum absolute atomic E-state index is 0.000417. The molecule has 1 aliphatic rings. The number of amides is 1. The van der Waals surface area contributed by atoms with Crippen molar-refractivity contribution >= 4 is 56.2 Å². The highest BCUT2D eigenvalue weighted by Crippen LogP contribution is 2.31. The highest BCUT2D eigenvalue weighted by Gasteiger charge is 2.28. The van der Waals surface area contributed by atoms with Gasteiger partial charge in [0.05, 0.1) is 28.9 Å². The van der Waals surface area contributed by atoms with Gasteiger partial charge >= 0.3 is 0 Å². The molecule has 2 heterocycles. The van der Waals surface area contributed by atoms with Gasteiger partial charge in [-0.2, -0.15) is 4.98 Å². The second-order valence-corrected chi connectivity index (χ2v) is 8.87. The Morgan fingerprint density at radius 1 is 1.16 bits per heavy atom. The number of rotatable bonds is 5. The molecule has 3 aromatic rings. The fraction of sp³-hybridized carbons (Fsp3) is 0.105. The number of benzene rings is 2. The molecule has 12 heteroatoms. The van der Waals surface area contributed by atoms with Gasteiger partial charge in [-0.1, -0.05) is 11.6 Å². The maximum absolute atomic E-state index is 14.3. The highest BCUT2D eigenvalue weighted by atomic mass is 35.5. The van der Waals surface area contributed by atoms with Gasteiger partial charge in [-0.25, -0.2) is 17.8 Å². The molecule has 0 atom stereocenters. The number of sulfone groups is 1. The van der Waals surface area contributed by atoms with Crippen molar-refractivity contribution in [1.29, 1.82) is 0 Å². The lowest BCUT2D eigenvalue weighted by Gasteiger charge is -2.18. The minimum atomic E-state index is -3.71. The van der Waals surface area contributed by atoms with E-state index in [-0.39, 0.29) is 22.3 Å². The Morgan fingerprint density at radius 3 is 2.65 bits per heavy atom. The van der Waals surface area contributed by atoms with Crippen molar-refractivity contribution < 1.29 is 22.3 Å². The molecule has 0 spiro atoms. The Kier molecular flexibility index (Phi) is 5.38. The molecule has 4 rings (SSSR count). The Balaban J connectivity index is 1.59. The lowest BCUT2D eigenvalue weighted by atomic mass is 10.2. The SMILES string of the molecule is COc1ccc(Nc2ncc(F)c(Nc3ccc4c(c3)NC(=O)CS4(=O)=O)n2)cc1Cl. The van der Waals surface area contributed by atoms with Crippen LogP contribution in [0, 0.1) is 5.82 Å². The summed E-state index contributed by atoms with van der Waals surface area (Å²) in [5.41, 5.74) is 0.999. The third kappa shape index (κ3) is 4.37. The van der Waals surface area contributed by atoms with E-state index in [9.17, 15) is 17.6 Å². The molecule has 0 aliphatic carbocycles. The van der Waals surface area contributed by atoms with Gasteiger partial charge in [0.25, 0.3) is 0 Å². The molecule has 1 amide bonds. The van der Waals surface area contributed by atoms with Crippen molar-refractivity contribution in [2.45, 2.75) is 4.90 Å². The van der Waals surface area contributed by atoms with Crippen LogP contribution in [-0.4, -0.2) is 37.2 Å². The van der Waals surface area contributed by atoms with Crippen LogP contribution in [0.2, 0.25) is 5.02 Å². The topological polar surface area (TPSA) is 122 Å². The lowest BCUT2D eigenvalue weighted by molar-refractivity contribution is -0.114. The van der Waals surface area contributed by atoms with Crippen LogP contribution in [0.15, 0.2) is 47.5 Å². The fourth-order valence-electron chi connectivity index (χ4n) is 2.94. The van der Waals surface area contributed by atoms with Crippen LogP contribution in [0.25, 0.3) is 0 Å². The van der Waals surface area contributed by atoms with Crippen LogP contribution in [0.1, 0.15) is 0 Å². The summed E-state index contributed by atoms with van der Waals surface area (Å²) in [5, 5.41) is 8.54. The number of halogens is 2. The maximum Gasteiger partial charge on any atom is 0.239 e. The Morgan fingerprint density at radius 2 is 1.90 bits per heavy atom. The van der Waals surface area contributed by atoms with Gasteiger partial charge in [0.15, 0.2) is 21.5 Å². The maximum atomic E-state index is 14.3. The van der Waals surface area contributed by atoms with E-state index in [0.717, 1.165) is 6.20 Å². The van der Waals surface area contributed by atoms with E-state index >= 15 is 0 Å². The van der Waals surface area contributed by atoms with E-state index in [1.165, 1.54) is 25.3 Å². The standard InChI is InChI=1S/C19H15ClFN5O4S/c1-30-15-4-2-10(6-12(15)20)24-19-22-8-13(21)18(26-19)23-11-3-5-16-14(7-11)25-17(27)9-31(16,28)29/h2-8H,9H2,1H3,(H,25,27)(H2,22,23,24,26). The normalized spacial score (nSPS) is 14.4. The van der Waals surface area contributed by atoms with Crippen molar-refractivity contribution in [3.8, 4) is 5.75 Å². The van der Waals surface area contributed by atoms with Gasteiger partial charge in [-0.3, -0.25) is 4.79 Å². The second kappa shape index (κ2) is 8.00. The largest absolute Gasteiger partial charge is 0.495 e. The minimum Gasteiger partial charge on any atom is -0.495 e. The summed E-state index contributed by atoms with van der Waals surface area (Å²) in [5.74, 6) is -1.54. The molecule has 0 unspecified atom stereocenters. The van der Waals surface area contributed by atoms with E-state index in [0.29, 0.717) is 22.1 Å². The first kappa shape index (κ1) is 20.8. The second-order valence-electron chi connectivity index (χ2n) is 6.51. The summed E-state index contributed by atoms with van der Waals surface area (Å²) in [6, 6.07) is 9.13. The number of hydrogen-bond donors (Lipinski definition) is 3. The van der Waals surface area contributed by atoms with Crippen LogP contribution in [0.4, 0.5) is 33.2 Å². The lowest BCUT2D eigenvalue weighted by Crippen LogP contribution is -2.29. The van der Waals surface area contributed by atoms with E-state index in [1.807, 2.05) is 0 Å². The molecule has 3 N–H and O–H groups in total. The van der Waals surface area contributed by atoms with E-state index < -0.39 is 27.3 Å². The van der Waals surface area contributed by atoms with Crippen LogP contribution in [0.3, 0.4) is 0 Å². The van der Waals surface area contributed by atoms with Crippen LogP contribution in [0.5, 0.6) is 5.75 Å². The molecule has 0 bridgehead atoms. The van der Waals surface area contributed by atoms with Gasteiger partial charge < -0.3 is 20.7 Å². The number of anilines is 5. The Labute approximate surface area is 181 Å². The molecule has 160 valence electrons. The number of methoxy groups -OCH3 is 1. The molecular weight excluding hydrogens is 449 g/mol. The predicted octanol–water partition coefficient (Wildman–Crippen LogP) is 3.49. The number of aromatic nitrogens is 2. The number of ether oxygens (including phenoxy) is 1. The Bertz CT molecular complexity index is 1300.